The summed E-state index contributed by atoms with van der Waals surface area (Å²) in [6, 6.07) is 14.9. The van der Waals surface area contributed by atoms with E-state index in [1.807, 2.05) is 30.3 Å². The average molecular weight is 709 g/mol. The maximum atomic E-state index is 14.0. The van der Waals surface area contributed by atoms with Crippen molar-refractivity contribution < 1.29 is 43.0 Å². The van der Waals surface area contributed by atoms with Crippen LogP contribution in [0.2, 0.25) is 0 Å². The van der Waals surface area contributed by atoms with Gasteiger partial charge in [0.2, 0.25) is 17.7 Å². The van der Waals surface area contributed by atoms with Crippen molar-refractivity contribution in [2.75, 3.05) is 20.3 Å². The fourth-order valence-electron chi connectivity index (χ4n) is 5.64. The van der Waals surface area contributed by atoms with Crippen molar-refractivity contribution in [2.45, 2.75) is 109 Å². The zero-order valence-corrected chi connectivity index (χ0v) is 30.5. The standard InChI is InChI=1S/C38H52N4O9/c1-7-38(5,35(47)39-29(25-26-17-10-8-11-18-26)32(44)42-23-16-22-30(42)34(46)49-6)41-31(43)28(40-36(48)51-37(2,3)4)21-14-15-24-50-33(45)27-19-12-9-13-20-27/h8-13,17-20,28-30H,7,14-16,21-25H2,1-6H3,(H,39,47)(H,40,48)(H,41,43)/t28-,29-,30+,38-/m0/s1. The molecule has 0 spiro atoms. The number of amides is 4. The second kappa shape index (κ2) is 18.9. The lowest BCUT2D eigenvalue weighted by atomic mass is 9.94. The van der Waals surface area contributed by atoms with Crippen LogP contribution in [-0.4, -0.2) is 90.2 Å². The molecule has 1 fully saturated rings. The van der Waals surface area contributed by atoms with E-state index in [1.165, 1.54) is 12.0 Å². The van der Waals surface area contributed by atoms with E-state index >= 15 is 0 Å². The summed E-state index contributed by atoms with van der Waals surface area (Å²) in [6.45, 7) is 8.81. The van der Waals surface area contributed by atoms with E-state index < -0.39 is 65.0 Å². The van der Waals surface area contributed by atoms with Gasteiger partial charge in [-0.2, -0.15) is 0 Å². The van der Waals surface area contributed by atoms with Crippen molar-refractivity contribution in [1.29, 1.82) is 0 Å². The van der Waals surface area contributed by atoms with Crippen LogP contribution in [0.1, 0.15) is 89.1 Å². The third-order valence-electron chi connectivity index (χ3n) is 8.64. The van der Waals surface area contributed by atoms with Gasteiger partial charge >= 0.3 is 18.0 Å². The number of benzene rings is 2. The van der Waals surface area contributed by atoms with Crippen LogP contribution in [0, 0.1) is 0 Å². The molecule has 4 atom stereocenters. The van der Waals surface area contributed by atoms with E-state index in [1.54, 1.807) is 65.0 Å². The summed E-state index contributed by atoms with van der Waals surface area (Å²) in [7, 11) is 1.27. The maximum Gasteiger partial charge on any atom is 0.408 e. The summed E-state index contributed by atoms with van der Waals surface area (Å²) in [5, 5.41) is 8.27. The number of likely N-dealkylation sites (tertiary alicyclic amines) is 1. The number of carbonyl (C=O) groups excluding carboxylic acids is 6. The Balaban J connectivity index is 1.74. The fraction of sp³-hybridized carbons (Fsp3) is 0.526. The van der Waals surface area contributed by atoms with Gasteiger partial charge in [-0.15, -0.1) is 0 Å². The van der Waals surface area contributed by atoms with Crippen molar-refractivity contribution >= 4 is 35.8 Å². The third kappa shape index (κ3) is 12.4. The summed E-state index contributed by atoms with van der Waals surface area (Å²) in [4.78, 5) is 80.6. The molecule has 13 nitrogen and oxygen atoms in total. The molecule has 2 aromatic carbocycles. The fourth-order valence-corrected chi connectivity index (χ4v) is 5.64. The monoisotopic (exact) mass is 708 g/mol. The SMILES string of the molecule is CC[C@](C)(NC(=O)[C@H](CCCCOC(=O)c1ccccc1)NC(=O)OC(C)(C)C)C(=O)N[C@@H](Cc1ccccc1)C(=O)N1CCC[C@@H]1C(=O)OC. The van der Waals surface area contributed by atoms with Crippen LogP contribution < -0.4 is 16.0 Å². The molecule has 0 saturated carbocycles. The predicted molar refractivity (Wildman–Crippen MR) is 189 cm³/mol. The van der Waals surface area contributed by atoms with Crippen molar-refractivity contribution in [3.8, 4) is 0 Å². The molecule has 51 heavy (non-hydrogen) atoms. The summed E-state index contributed by atoms with van der Waals surface area (Å²) in [6.07, 6.45) is 1.54. The summed E-state index contributed by atoms with van der Waals surface area (Å²) in [5.74, 6) is -2.64. The minimum absolute atomic E-state index is 0.105. The molecule has 1 saturated heterocycles. The smallest absolute Gasteiger partial charge is 0.408 e. The van der Waals surface area contributed by atoms with Gasteiger partial charge in [0.1, 0.15) is 29.3 Å². The number of hydrogen-bond acceptors (Lipinski definition) is 9. The number of rotatable bonds is 16. The Morgan fingerprint density at radius 1 is 0.882 bits per heavy atom. The van der Waals surface area contributed by atoms with Gasteiger partial charge in [0.05, 0.1) is 19.3 Å². The minimum Gasteiger partial charge on any atom is -0.467 e. The predicted octanol–water partition coefficient (Wildman–Crippen LogP) is 4.08. The van der Waals surface area contributed by atoms with Gasteiger partial charge in [-0.05, 0) is 83.9 Å². The quantitative estimate of drug-likeness (QED) is 0.132. The zero-order chi connectivity index (χ0) is 37.6. The van der Waals surface area contributed by atoms with E-state index in [-0.39, 0.29) is 25.9 Å². The molecular weight excluding hydrogens is 656 g/mol. The van der Waals surface area contributed by atoms with E-state index in [2.05, 4.69) is 16.0 Å². The molecule has 1 aliphatic heterocycles. The molecular formula is C38H52N4O9. The molecule has 3 N–H and O–H groups in total. The molecule has 3 rings (SSSR count). The van der Waals surface area contributed by atoms with Crippen molar-refractivity contribution in [3.63, 3.8) is 0 Å². The van der Waals surface area contributed by atoms with Crippen LogP contribution in [0.3, 0.4) is 0 Å². The van der Waals surface area contributed by atoms with Gasteiger partial charge in [-0.3, -0.25) is 14.4 Å². The Kier molecular flexibility index (Phi) is 15.0. The molecule has 0 bridgehead atoms. The molecule has 0 aliphatic carbocycles. The van der Waals surface area contributed by atoms with E-state index in [4.69, 9.17) is 14.2 Å². The highest BCUT2D eigenvalue weighted by molar-refractivity contribution is 5.97. The first-order valence-electron chi connectivity index (χ1n) is 17.4. The van der Waals surface area contributed by atoms with Crippen LogP contribution in [0.15, 0.2) is 60.7 Å². The second-order valence-corrected chi connectivity index (χ2v) is 13.8. The minimum atomic E-state index is -1.49. The van der Waals surface area contributed by atoms with Crippen molar-refractivity contribution in [3.05, 3.63) is 71.8 Å². The molecule has 0 unspecified atom stereocenters. The van der Waals surface area contributed by atoms with Gasteiger partial charge < -0.3 is 35.1 Å². The van der Waals surface area contributed by atoms with Gasteiger partial charge in [0.25, 0.3) is 0 Å². The first-order chi connectivity index (χ1) is 24.2. The highest BCUT2D eigenvalue weighted by Gasteiger charge is 2.41. The molecule has 13 heteroatoms. The number of methoxy groups -OCH3 is 1. The number of nitrogens with one attached hydrogen (secondary N) is 3. The molecule has 0 aromatic heterocycles. The Morgan fingerprint density at radius 2 is 1.53 bits per heavy atom. The topological polar surface area (TPSA) is 169 Å². The molecule has 4 amide bonds. The number of ether oxygens (including phenoxy) is 3. The van der Waals surface area contributed by atoms with E-state index in [0.29, 0.717) is 37.8 Å². The number of esters is 2. The zero-order valence-electron chi connectivity index (χ0n) is 30.5. The lowest BCUT2D eigenvalue weighted by Gasteiger charge is -2.34. The Morgan fingerprint density at radius 3 is 2.14 bits per heavy atom. The summed E-state index contributed by atoms with van der Waals surface area (Å²) in [5.41, 5.74) is -1.09. The first kappa shape index (κ1) is 40.5. The van der Waals surface area contributed by atoms with Crippen LogP contribution in [0.4, 0.5) is 4.79 Å². The highest BCUT2D eigenvalue weighted by Crippen LogP contribution is 2.22. The normalized spacial score (nSPS) is 16.5. The number of nitrogens with zero attached hydrogens (tertiary/aromatic N) is 1. The van der Waals surface area contributed by atoms with E-state index in [9.17, 15) is 28.8 Å². The molecule has 278 valence electrons. The molecule has 2 aromatic rings. The van der Waals surface area contributed by atoms with Crippen LogP contribution in [0.5, 0.6) is 0 Å². The lowest BCUT2D eigenvalue weighted by molar-refractivity contribution is -0.152. The van der Waals surface area contributed by atoms with Crippen LogP contribution in [-0.2, 0) is 39.8 Å². The highest BCUT2D eigenvalue weighted by atomic mass is 16.6. The van der Waals surface area contributed by atoms with Crippen LogP contribution in [0.25, 0.3) is 0 Å². The van der Waals surface area contributed by atoms with Gasteiger partial charge in [0, 0.05) is 13.0 Å². The first-order valence-corrected chi connectivity index (χ1v) is 17.4. The van der Waals surface area contributed by atoms with Gasteiger partial charge in [-0.1, -0.05) is 55.5 Å². The Hall–Kier alpha value is -4.94. The third-order valence-corrected chi connectivity index (χ3v) is 8.64. The number of unbranched alkanes of at least 4 members (excludes halogenated alkanes) is 1. The number of hydrogen-bond donors (Lipinski definition) is 3. The molecule has 0 radical (unpaired) electrons. The van der Waals surface area contributed by atoms with Gasteiger partial charge in [0.15, 0.2) is 0 Å². The maximum absolute atomic E-state index is 14.0. The largest absolute Gasteiger partial charge is 0.467 e. The van der Waals surface area contributed by atoms with Crippen LogP contribution >= 0.6 is 0 Å². The second-order valence-electron chi connectivity index (χ2n) is 13.8. The molecule has 1 aliphatic rings. The number of alkyl carbamates (subject to hydrolysis) is 1. The lowest BCUT2D eigenvalue weighted by Crippen LogP contribution is -2.63. The Bertz CT molecular complexity index is 1500. The Labute approximate surface area is 300 Å². The summed E-state index contributed by atoms with van der Waals surface area (Å²) >= 11 is 0. The van der Waals surface area contributed by atoms with E-state index in [0.717, 1.165) is 5.56 Å². The van der Waals surface area contributed by atoms with Gasteiger partial charge in [-0.25, -0.2) is 14.4 Å². The van der Waals surface area contributed by atoms with Crippen molar-refractivity contribution in [2.24, 2.45) is 0 Å². The molecule has 1 heterocycles. The number of carbonyl (C=O) groups is 6. The average Bonchev–Trinajstić information content (AvgIpc) is 3.60. The summed E-state index contributed by atoms with van der Waals surface area (Å²) < 4.78 is 15.7. The van der Waals surface area contributed by atoms with Crippen molar-refractivity contribution in [1.82, 2.24) is 20.9 Å².